The van der Waals surface area contributed by atoms with Crippen molar-refractivity contribution in [1.29, 1.82) is 0 Å². The van der Waals surface area contributed by atoms with Crippen molar-refractivity contribution in [3.63, 3.8) is 0 Å². The van der Waals surface area contributed by atoms with Gasteiger partial charge in [0.05, 0.1) is 11.0 Å². The summed E-state index contributed by atoms with van der Waals surface area (Å²) in [5, 5.41) is 2.87. The van der Waals surface area contributed by atoms with Gasteiger partial charge in [0.15, 0.2) is 0 Å². The molecule has 0 spiro atoms. The summed E-state index contributed by atoms with van der Waals surface area (Å²) in [6, 6.07) is 11.6. The van der Waals surface area contributed by atoms with Gasteiger partial charge in [0, 0.05) is 11.0 Å². The second-order valence-corrected chi connectivity index (χ2v) is 7.34. The maximum absolute atomic E-state index is 12.5. The van der Waals surface area contributed by atoms with Crippen LogP contribution in [0.5, 0.6) is 0 Å². The van der Waals surface area contributed by atoms with Gasteiger partial charge >= 0.3 is 0 Å². The third-order valence-electron chi connectivity index (χ3n) is 4.40. The Balaban J connectivity index is 1.87. The van der Waals surface area contributed by atoms with Gasteiger partial charge in [-0.25, -0.2) is 4.98 Å². The van der Waals surface area contributed by atoms with Gasteiger partial charge < -0.3 is 5.32 Å². The molecule has 3 aromatic rings. The van der Waals surface area contributed by atoms with Gasteiger partial charge in [-0.1, -0.05) is 28.1 Å². The summed E-state index contributed by atoms with van der Waals surface area (Å²) in [5.74, 6) is -0.211. The predicted molar refractivity (Wildman–Crippen MR) is 106 cm³/mol. The van der Waals surface area contributed by atoms with Crippen molar-refractivity contribution in [3.05, 3.63) is 73.6 Å². The van der Waals surface area contributed by atoms with Crippen molar-refractivity contribution >= 4 is 32.9 Å². The van der Waals surface area contributed by atoms with Crippen molar-refractivity contribution in [2.24, 2.45) is 0 Å². The average molecular weight is 414 g/mol. The van der Waals surface area contributed by atoms with Gasteiger partial charge in [-0.3, -0.25) is 14.2 Å². The lowest BCUT2D eigenvalue weighted by molar-refractivity contribution is -0.121. The van der Waals surface area contributed by atoms with Crippen molar-refractivity contribution < 1.29 is 4.79 Å². The van der Waals surface area contributed by atoms with E-state index < -0.39 is 0 Å². The summed E-state index contributed by atoms with van der Waals surface area (Å²) in [5.41, 5.74) is 4.71. The molecule has 0 unspecified atom stereocenters. The van der Waals surface area contributed by atoms with Crippen molar-refractivity contribution in [1.82, 2.24) is 14.9 Å². The Morgan fingerprint density at radius 2 is 1.88 bits per heavy atom. The molecule has 0 aliphatic rings. The molecule has 1 heterocycles. The van der Waals surface area contributed by atoms with Gasteiger partial charge in [0.1, 0.15) is 12.2 Å². The molecule has 0 saturated heterocycles. The van der Waals surface area contributed by atoms with E-state index in [2.05, 4.69) is 26.2 Å². The highest BCUT2D eigenvalue weighted by Gasteiger charge is 2.13. The minimum absolute atomic E-state index is 0.0325. The van der Waals surface area contributed by atoms with Crippen LogP contribution in [-0.4, -0.2) is 15.5 Å². The first-order valence-corrected chi connectivity index (χ1v) is 9.14. The molecule has 5 nitrogen and oxygen atoms in total. The second-order valence-electron chi connectivity index (χ2n) is 6.42. The van der Waals surface area contributed by atoms with Crippen LogP contribution < -0.4 is 10.9 Å². The van der Waals surface area contributed by atoms with E-state index in [0.29, 0.717) is 17.8 Å². The van der Waals surface area contributed by atoms with E-state index >= 15 is 0 Å². The van der Waals surface area contributed by atoms with Crippen molar-refractivity contribution in [3.8, 4) is 0 Å². The minimum Gasteiger partial charge on any atom is -0.350 e. The minimum atomic E-state index is -0.238. The quantitative estimate of drug-likeness (QED) is 0.712. The molecule has 0 aliphatic carbocycles. The van der Waals surface area contributed by atoms with Crippen LogP contribution in [0.15, 0.2) is 45.7 Å². The molecule has 0 radical (unpaired) electrons. The Bertz CT molecular complexity index is 1060. The fourth-order valence-electron chi connectivity index (χ4n) is 2.83. The van der Waals surface area contributed by atoms with E-state index in [9.17, 15) is 9.59 Å². The van der Waals surface area contributed by atoms with Crippen LogP contribution in [0, 0.1) is 20.8 Å². The maximum atomic E-state index is 12.5. The number of amides is 1. The third kappa shape index (κ3) is 3.85. The van der Waals surface area contributed by atoms with Crippen LogP contribution >= 0.6 is 15.9 Å². The zero-order chi connectivity index (χ0) is 18.8. The summed E-state index contributed by atoms with van der Waals surface area (Å²) in [6.45, 7) is 6.04. The van der Waals surface area contributed by atoms with Crippen LogP contribution in [0.3, 0.4) is 0 Å². The normalized spacial score (nSPS) is 10.9. The fraction of sp³-hybridized carbons (Fsp3) is 0.250. The number of rotatable bonds is 4. The first kappa shape index (κ1) is 18.3. The summed E-state index contributed by atoms with van der Waals surface area (Å²) in [7, 11) is 0. The van der Waals surface area contributed by atoms with Gasteiger partial charge in [0.25, 0.3) is 5.56 Å². The van der Waals surface area contributed by atoms with E-state index in [0.717, 1.165) is 26.7 Å². The highest BCUT2D eigenvalue weighted by atomic mass is 79.9. The summed E-state index contributed by atoms with van der Waals surface area (Å²) < 4.78 is 2.46. The SMILES string of the molecule is Cc1cc2nc(C)c(=O)n(CC(=O)NCc3cccc(Br)c3)c2cc1C. The number of benzene rings is 2. The molecule has 0 saturated carbocycles. The first-order valence-electron chi connectivity index (χ1n) is 8.34. The molecule has 1 amide bonds. The topological polar surface area (TPSA) is 64.0 Å². The van der Waals surface area contributed by atoms with E-state index in [4.69, 9.17) is 0 Å². The van der Waals surface area contributed by atoms with Crippen molar-refractivity contribution in [2.75, 3.05) is 0 Å². The highest BCUT2D eigenvalue weighted by molar-refractivity contribution is 9.10. The van der Waals surface area contributed by atoms with Gasteiger partial charge in [-0.05, 0) is 61.7 Å². The molecule has 0 aliphatic heterocycles. The Hall–Kier alpha value is -2.47. The molecule has 26 heavy (non-hydrogen) atoms. The molecule has 134 valence electrons. The standard InChI is InChI=1S/C20H20BrN3O2/c1-12-7-17-18(8-13(12)2)24(20(26)14(3)23-17)11-19(25)22-10-15-5-4-6-16(21)9-15/h4-9H,10-11H2,1-3H3,(H,22,25). The third-order valence-corrected chi connectivity index (χ3v) is 4.90. The number of aromatic nitrogens is 2. The second kappa shape index (κ2) is 7.41. The molecule has 0 bridgehead atoms. The zero-order valence-corrected chi connectivity index (χ0v) is 16.6. The Labute approximate surface area is 160 Å². The monoisotopic (exact) mass is 413 g/mol. The summed E-state index contributed by atoms with van der Waals surface area (Å²) >= 11 is 3.42. The molecular weight excluding hydrogens is 394 g/mol. The lowest BCUT2D eigenvalue weighted by Crippen LogP contribution is -2.33. The Kier molecular flexibility index (Phi) is 5.23. The van der Waals surface area contributed by atoms with Crippen LogP contribution in [0.4, 0.5) is 0 Å². The van der Waals surface area contributed by atoms with Crippen LogP contribution in [-0.2, 0) is 17.9 Å². The van der Waals surface area contributed by atoms with Crippen LogP contribution in [0.25, 0.3) is 11.0 Å². The number of halogens is 1. The molecule has 1 aromatic heterocycles. The van der Waals surface area contributed by atoms with E-state index in [1.165, 1.54) is 4.57 Å². The first-order chi connectivity index (χ1) is 12.3. The Morgan fingerprint density at radius 3 is 2.62 bits per heavy atom. The number of carbonyl (C=O) groups excluding carboxylic acids is 1. The largest absolute Gasteiger partial charge is 0.350 e. The zero-order valence-electron chi connectivity index (χ0n) is 15.0. The van der Waals surface area contributed by atoms with Gasteiger partial charge in [0.2, 0.25) is 5.91 Å². The Morgan fingerprint density at radius 1 is 1.15 bits per heavy atom. The summed E-state index contributed by atoms with van der Waals surface area (Å²) in [6.07, 6.45) is 0. The number of carbonyl (C=O) groups is 1. The van der Waals surface area contributed by atoms with Crippen LogP contribution in [0.1, 0.15) is 22.4 Å². The predicted octanol–water partition coefficient (Wildman–Crippen LogP) is 3.40. The fourth-order valence-corrected chi connectivity index (χ4v) is 3.28. The maximum Gasteiger partial charge on any atom is 0.272 e. The van der Waals surface area contributed by atoms with E-state index in [1.807, 2.05) is 50.2 Å². The lowest BCUT2D eigenvalue weighted by Gasteiger charge is -2.13. The van der Waals surface area contributed by atoms with Gasteiger partial charge in [-0.2, -0.15) is 0 Å². The number of hydrogen-bond donors (Lipinski definition) is 1. The van der Waals surface area contributed by atoms with Gasteiger partial charge in [-0.15, -0.1) is 0 Å². The summed E-state index contributed by atoms with van der Waals surface area (Å²) in [4.78, 5) is 29.4. The molecule has 1 N–H and O–H groups in total. The molecule has 0 atom stereocenters. The number of fused-ring (bicyclic) bond motifs is 1. The molecular formula is C20H20BrN3O2. The molecule has 0 fully saturated rings. The lowest BCUT2D eigenvalue weighted by atomic mass is 10.1. The van der Waals surface area contributed by atoms with E-state index in [1.54, 1.807) is 6.92 Å². The highest BCUT2D eigenvalue weighted by Crippen LogP contribution is 2.17. The number of aryl methyl sites for hydroxylation is 3. The van der Waals surface area contributed by atoms with Crippen LogP contribution in [0.2, 0.25) is 0 Å². The number of hydrogen-bond acceptors (Lipinski definition) is 3. The molecule has 2 aromatic carbocycles. The average Bonchev–Trinajstić information content (AvgIpc) is 2.59. The smallest absolute Gasteiger partial charge is 0.272 e. The molecule has 6 heteroatoms. The van der Waals surface area contributed by atoms with E-state index in [-0.39, 0.29) is 18.0 Å². The number of nitrogens with zero attached hydrogens (tertiary/aromatic N) is 2. The molecule has 3 rings (SSSR count). The van der Waals surface area contributed by atoms with Crippen molar-refractivity contribution in [2.45, 2.75) is 33.9 Å². The number of nitrogens with one attached hydrogen (secondary N) is 1.